The molecule has 1 atom stereocenters. The van der Waals surface area contributed by atoms with Crippen LogP contribution in [0, 0.1) is 0 Å². The molecule has 1 aromatic rings. The number of halogens is 2. The molecule has 1 rings (SSSR count). The first kappa shape index (κ1) is 16.1. The molecule has 0 aliphatic heterocycles. The van der Waals surface area contributed by atoms with Gasteiger partial charge in [-0.1, -0.05) is 30.1 Å². The van der Waals surface area contributed by atoms with Crippen LogP contribution in [0.4, 0.5) is 0 Å². The third-order valence-corrected chi connectivity index (χ3v) is 2.98. The van der Waals surface area contributed by atoms with Gasteiger partial charge in [-0.25, -0.2) is 4.79 Å². The largest absolute Gasteiger partial charge is 0.477 e. The van der Waals surface area contributed by atoms with Gasteiger partial charge in [-0.2, -0.15) is 0 Å². The summed E-state index contributed by atoms with van der Waals surface area (Å²) in [5, 5.41) is 4.06. The Bertz CT molecular complexity index is 452. The minimum atomic E-state index is -0.732. The van der Waals surface area contributed by atoms with E-state index >= 15 is 0 Å². The van der Waals surface area contributed by atoms with E-state index in [1.165, 1.54) is 7.11 Å². The number of hydrogen-bond acceptors (Lipinski definition) is 4. The third-order valence-electron chi connectivity index (χ3n) is 2.48. The molecule has 0 amide bonds. The maximum atomic E-state index is 11.4. The predicted molar refractivity (Wildman–Crippen MR) is 75.9 cm³/mol. The van der Waals surface area contributed by atoms with E-state index in [1.807, 2.05) is 6.92 Å². The highest BCUT2D eigenvalue weighted by Crippen LogP contribution is 2.33. The van der Waals surface area contributed by atoms with E-state index in [0.29, 0.717) is 22.3 Å². The van der Waals surface area contributed by atoms with E-state index in [2.05, 4.69) is 10.1 Å². The number of benzene rings is 1. The molecule has 0 aliphatic rings. The molecule has 1 N–H and O–H groups in total. The zero-order valence-corrected chi connectivity index (χ0v) is 12.6. The molecule has 0 aromatic heterocycles. The molecular weight excluding hydrogens is 289 g/mol. The van der Waals surface area contributed by atoms with Crippen molar-refractivity contribution in [1.82, 2.24) is 5.32 Å². The van der Waals surface area contributed by atoms with Crippen LogP contribution in [0.15, 0.2) is 12.1 Å². The normalized spacial score (nSPS) is 12.1. The van der Waals surface area contributed by atoms with Crippen LogP contribution in [0.5, 0.6) is 5.75 Å². The summed E-state index contributed by atoms with van der Waals surface area (Å²) in [6.07, 6.45) is -0.732. The van der Waals surface area contributed by atoms with Crippen molar-refractivity contribution >= 4 is 29.2 Å². The van der Waals surface area contributed by atoms with E-state index in [4.69, 9.17) is 27.9 Å². The number of esters is 1. The van der Waals surface area contributed by atoms with Gasteiger partial charge in [0, 0.05) is 17.1 Å². The minimum Gasteiger partial charge on any atom is -0.477 e. The summed E-state index contributed by atoms with van der Waals surface area (Å²) in [5.41, 5.74) is 0.801. The molecule has 19 heavy (non-hydrogen) atoms. The van der Waals surface area contributed by atoms with Crippen LogP contribution in [0.1, 0.15) is 19.4 Å². The van der Waals surface area contributed by atoms with Crippen molar-refractivity contribution in [2.24, 2.45) is 0 Å². The fourth-order valence-electron chi connectivity index (χ4n) is 1.53. The van der Waals surface area contributed by atoms with Gasteiger partial charge < -0.3 is 14.8 Å². The average Bonchev–Trinajstić information content (AvgIpc) is 2.38. The van der Waals surface area contributed by atoms with Crippen LogP contribution in [0.2, 0.25) is 10.0 Å². The van der Waals surface area contributed by atoms with Crippen LogP contribution in [0.25, 0.3) is 0 Å². The fourth-order valence-corrected chi connectivity index (χ4v) is 2.11. The summed E-state index contributed by atoms with van der Waals surface area (Å²) in [5.74, 6) is -0.00895. The van der Waals surface area contributed by atoms with Crippen molar-refractivity contribution < 1.29 is 14.3 Å². The maximum Gasteiger partial charge on any atom is 0.346 e. The van der Waals surface area contributed by atoms with Crippen molar-refractivity contribution in [3.63, 3.8) is 0 Å². The maximum absolute atomic E-state index is 11.4. The Kier molecular flexibility index (Phi) is 6.42. The molecular formula is C13H17Cl2NO3. The molecule has 4 nitrogen and oxygen atoms in total. The van der Waals surface area contributed by atoms with Gasteiger partial charge in [0.2, 0.25) is 0 Å². The number of hydrogen-bond donors (Lipinski definition) is 1. The zero-order valence-electron chi connectivity index (χ0n) is 11.1. The highest BCUT2D eigenvalue weighted by atomic mass is 35.5. The lowest BCUT2D eigenvalue weighted by atomic mass is 10.2. The van der Waals surface area contributed by atoms with E-state index in [-0.39, 0.29) is 0 Å². The summed E-state index contributed by atoms with van der Waals surface area (Å²) in [7, 11) is 1.31. The van der Waals surface area contributed by atoms with Crippen LogP contribution in [0.3, 0.4) is 0 Å². The quantitative estimate of drug-likeness (QED) is 0.821. The van der Waals surface area contributed by atoms with E-state index in [9.17, 15) is 4.79 Å². The number of methoxy groups -OCH3 is 1. The van der Waals surface area contributed by atoms with Crippen LogP contribution >= 0.6 is 23.2 Å². The average molecular weight is 306 g/mol. The summed E-state index contributed by atoms with van der Waals surface area (Å²) >= 11 is 12.1. The van der Waals surface area contributed by atoms with Gasteiger partial charge in [0.05, 0.1) is 12.1 Å². The zero-order chi connectivity index (χ0) is 14.4. The first-order valence-corrected chi connectivity index (χ1v) is 6.68. The van der Waals surface area contributed by atoms with Crippen molar-refractivity contribution in [3.8, 4) is 5.75 Å². The molecule has 0 aliphatic carbocycles. The number of carbonyl (C=O) groups is 1. The minimum absolute atomic E-state index is 0.371. The first-order valence-electron chi connectivity index (χ1n) is 5.92. The van der Waals surface area contributed by atoms with Gasteiger partial charge in [0.1, 0.15) is 5.75 Å². The second-order valence-corrected chi connectivity index (χ2v) is 4.78. The second kappa shape index (κ2) is 7.58. The van der Waals surface area contributed by atoms with Gasteiger partial charge in [-0.3, -0.25) is 0 Å². The van der Waals surface area contributed by atoms with E-state index in [0.717, 1.165) is 12.1 Å². The smallest absolute Gasteiger partial charge is 0.346 e. The SMILES string of the molecule is CCNCc1cc(Cl)cc(Cl)c1OC(C)C(=O)OC. The van der Waals surface area contributed by atoms with Gasteiger partial charge in [-0.05, 0) is 25.6 Å². The molecule has 0 spiro atoms. The molecule has 106 valence electrons. The van der Waals surface area contributed by atoms with Gasteiger partial charge in [0.25, 0.3) is 0 Å². The topological polar surface area (TPSA) is 47.6 Å². The van der Waals surface area contributed by atoms with Gasteiger partial charge in [-0.15, -0.1) is 0 Å². The molecule has 6 heteroatoms. The highest BCUT2D eigenvalue weighted by molar-refractivity contribution is 6.35. The lowest BCUT2D eigenvalue weighted by Crippen LogP contribution is -2.26. The molecule has 0 fully saturated rings. The first-order chi connectivity index (χ1) is 8.99. The number of rotatable bonds is 6. The molecule has 1 unspecified atom stereocenters. The van der Waals surface area contributed by atoms with Crippen LogP contribution < -0.4 is 10.1 Å². The van der Waals surface area contributed by atoms with E-state index < -0.39 is 12.1 Å². The standard InChI is InChI=1S/C13H17Cl2NO3/c1-4-16-7-9-5-10(14)6-11(15)12(9)19-8(2)13(17)18-3/h5-6,8,16H,4,7H2,1-3H3. The van der Waals surface area contributed by atoms with Crippen molar-refractivity contribution in [3.05, 3.63) is 27.7 Å². The fraction of sp³-hybridized carbons (Fsp3) is 0.462. The summed E-state index contributed by atoms with van der Waals surface area (Å²) in [6, 6.07) is 3.34. The van der Waals surface area contributed by atoms with E-state index in [1.54, 1.807) is 19.1 Å². The molecule has 0 saturated heterocycles. The summed E-state index contributed by atoms with van der Waals surface area (Å²) in [6.45, 7) is 4.95. The highest BCUT2D eigenvalue weighted by Gasteiger charge is 2.19. The van der Waals surface area contributed by atoms with Gasteiger partial charge in [0.15, 0.2) is 6.10 Å². The summed E-state index contributed by atoms with van der Waals surface area (Å²) < 4.78 is 10.2. The lowest BCUT2D eigenvalue weighted by molar-refractivity contribution is -0.147. The third kappa shape index (κ3) is 4.56. The Balaban J connectivity index is 2.99. The summed E-state index contributed by atoms with van der Waals surface area (Å²) in [4.78, 5) is 11.4. The number of nitrogens with one attached hydrogen (secondary N) is 1. The van der Waals surface area contributed by atoms with Crippen molar-refractivity contribution in [2.75, 3.05) is 13.7 Å². The monoisotopic (exact) mass is 305 g/mol. The Labute approximate surface area is 123 Å². The van der Waals surface area contributed by atoms with Crippen LogP contribution in [-0.4, -0.2) is 25.7 Å². The number of carbonyl (C=O) groups excluding carboxylic acids is 1. The molecule has 0 radical (unpaired) electrons. The molecule has 0 saturated carbocycles. The van der Waals surface area contributed by atoms with Crippen molar-refractivity contribution in [2.45, 2.75) is 26.5 Å². The molecule has 0 heterocycles. The Morgan fingerprint density at radius 3 is 2.68 bits per heavy atom. The Hall–Kier alpha value is -0.970. The second-order valence-electron chi connectivity index (χ2n) is 3.94. The van der Waals surface area contributed by atoms with Gasteiger partial charge >= 0.3 is 5.97 Å². The lowest BCUT2D eigenvalue weighted by Gasteiger charge is -2.17. The Morgan fingerprint density at radius 2 is 2.11 bits per heavy atom. The molecule has 1 aromatic carbocycles. The van der Waals surface area contributed by atoms with Crippen molar-refractivity contribution in [1.29, 1.82) is 0 Å². The number of ether oxygens (including phenoxy) is 2. The van der Waals surface area contributed by atoms with Crippen LogP contribution in [-0.2, 0) is 16.1 Å². The Morgan fingerprint density at radius 1 is 1.42 bits per heavy atom. The molecule has 0 bridgehead atoms. The predicted octanol–water partition coefficient (Wildman–Crippen LogP) is 3.04.